The molecule has 4 heteroatoms. The van der Waals surface area contributed by atoms with Crippen molar-refractivity contribution in [3.63, 3.8) is 0 Å². The summed E-state index contributed by atoms with van der Waals surface area (Å²) >= 11 is 0. The second-order valence-corrected chi connectivity index (χ2v) is 5.75. The first-order valence-electron chi connectivity index (χ1n) is 6.85. The van der Waals surface area contributed by atoms with Crippen LogP contribution >= 0.6 is 0 Å². The molecule has 0 saturated carbocycles. The molecule has 0 aromatic carbocycles. The summed E-state index contributed by atoms with van der Waals surface area (Å²) in [5.41, 5.74) is 0. The summed E-state index contributed by atoms with van der Waals surface area (Å²) in [6.07, 6.45) is 6.01. The van der Waals surface area contributed by atoms with E-state index in [0.29, 0.717) is 6.04 Å². The van der Waals surface area contributed by atoms with Crippen molar-refractivity contribution in [2.45, 2.75) is 51.6 Å². The van der Waals surface area contributed by atoms with Gasteiger partial charge in [0.05, 0.1) is 0 Å². The van der Waals surface area contributed by atoms with Crippen LogP contribution < -0.4 is 0 Å². The van der Waals surface area contributed by atoms with Crippen molar-refractivity contribution in [2.24, 2.45) is 5.92 Å². The van der Waals surface area contributed by atoms with Gasteiger partial charge in [0.25, 0.3) is 0 Å². The van der Waals surface area contributed by atoms with E-state index in [1.807, 2.05) is 0 Å². The zero-order valence-electron chi connectivity index (χ0n) is 10.9. The summed E-state index contributed by atoms with van der Waals surface area (Å²) in [5, 5.41) is 4.66. The van der Waals surface area contributed by atoms with E-state index < -0.39 is 0 Å². The zero-order chi connectivity index (χ0) is 11.8. The van der Waals surface area contributed by atoms with E-state index >= 15 is 0 Å². The Kier molecular flexibility index (Phi) is 2.90. The van der Waals surface area contributed by atoms with Crippen LogP contribution in [-0.4, -0.2) is 39.3 Å². The summed E-state index contributed by atoms with van der Waals surface area (Å²) in [5.74, 6) is 3.04. The minimum atomic E-state index is 0.664. The predicted molar refractivity (Wildman–Crippen MR) is 66.9 cm³/mol. The Morgan fingerprint density at radius 2 is 2.18 bits per heavy atom. The third-order valence-electron chi connectivity index (χ3n) is 4.25. The predicted octanol–water partition coefficient (Wildman–Crippen LogP) is 1.50. The normalized spacial score (nSPS) is 29.5. The second kappa shape index (κ2) is 4.41. The van der Waals surface area contributed by atoms with E-state index in [0.717, 1.165) is 31.1 Å². The van der Waals surface area contributed by atoms with Gasteiger partial charge in [-0.1, -0.05) is 6.92 Å². The lowest BCUT2D eigenvalue weighted by Crippen LogP contribution is -2.27. The van der Waals surface area contributed by atoms with E-state index in [4.69, 9.17) is 4.98 Å². The smallest absolute Gasteiger partial charge is 0.152 e. The minimum absolute atomic E-state index is 0.664. The Morgan fingerprint density at radius 1 is 1.29 bits per heavy atom. The molecule has 2 atom stereocenters. The van der Waals surface area contributed by atoms with Crippen LogP contribution in [0.5, 0.6) is 0 Å². The number of fused-ring (bicyclic) bond motifs is 1. The van der Waals surface area contributed by atoms with E-state index in [-0.39, 0.29) is 0 Å². The average Bonchev–Trinajstić information content (AvgIpc) is 2.85. The molecule has 0 bridgehead atoms. The standard InChI is InChI=1S/C13H22N4/c1-10-5-7-17-13(8-10)14-12(15-17)9-11-4-3-6-16(11)2/h10-11H,3-9H2,1-2H3. The fourth-order valence-corrected chi connectivity index (χ4v) is 3.05. The lowest BCUT2D eigenvalue weighted by atomic mass is 10.0. The Labute approximate surface area is 103 Å². The van der Waals surface area contributed by atoms with Crippen LogP contribution in [-0.2, 0) is 19.4 Å². The fourth-order valence-electron chi connectivity index (χ4n) is 3.05. The minimum Gasteiger partial charge on any atom is -0.303 e. The van der Waals surface area contributed by atoms with Gasteiger partial charge in [0, 0.05) is 25.4 Å². The van der Waals surface area contributed by atoms with Gasteiger partial charge in [-0.05, 0) is 38.8 Å². The summed E-state index contributed by atoms with van der Waals surface area (Å²) in [6.45, 7) is 4.60. The highest BCUT2D eigenvalue weighted by atomic mass is 15.4. The molecular formula is C13H22N4. The number of hydrogen-bond donors (Lipinski definition) is 0. The zero-order valence-corrected chi connectivity index (χ0v) is 10.9. The quantitative estimate of drug-likeness (QED) is 0.777. The molecule has 2 unspecified atom stereocenters. The number of hydrogen-bond acceptors (Lipinski definition) is 3. The van der Waals surface area contributed by atoms with Gasteiger partial charge in [0.2, 0.25) is 0 Å². The molecule has 4 nitrogen and oxygen atoms in total. The molecule has 2 aliphatic heterocycles. The van der Waals surface area contributed by atoms with Crippen LogP contribution in [0.3, 0.4) is 0 Å². The van der Waals surface area contributed by atoms with Crippen LogP contribution in [0.15, 0.2) is 0 Å². The summed E-state index contributed by atoms with van der Waals surface area (Å²) in [6, 6.07) is 0.664. The number of aromatic nitrogens is 3. The van der Waals surface area contributed by atoms with Crippen LogP contribution in [0, 0.1) is 5.92 Å². The van der Waals surface area contributed by atoms with Crippen molar-refractivity contribution in [3.8, 4) is 0 Å². The van der Waals surface area contributed by atoms with Crippen molar-refractivity contribution >= 4 is 0 Å². The van der Waals surface area contributed by atoms with Crippen molar-refractivity contribution in [1.82, 2.24) is 19.7 Å². The van der Waals surface area contributed by atoms with E-state index in [1.165, 1.54) is 31.6 Å². The highest BCUT2D eigenvalue weighted by Gasteiger charge is 2.24. The Balaban J connectivity index is 1.72. The maximum atomic E-state index is 4.72. The highest BCUT2D eigenvalue weighted by molar-refractivity contribution is 4.99. The number of rotatable bonds is 2. The topological polar surface area (TPSA) is 34.0 Å². The average molecular weight is 234 g/mol. The number of aryl methyl sites for hydroxylation is 1. The lowest BCUT2D eigenvalue weighted by molar-refractivity contribution is 0.305. The fraction of sp³-hybridized carbons (Fsp3) is 0.846. The van der Waals surface area contributed by atoms with E-state index in [2.05, 4.69) is 28.7 Å². The molecule has 0 spiro atoms. The van der Waals surface area contributed by atoms with Crippen molar-refractivity contribution in [1.29, 1.82) is 0 Å². The molecule has 0 radical (unpaired) electrons. The molecule has 17 heavy (non-hydrogen) atoms. The molecule has 1 aromatic heterocycles. The molecule has 3 rings (SSSR count). The van der Waals surface area contributed by atoms with Crippen LogP contribution in [0.2, 0.25) is 0 Å². The largest absolute Gasteiger partial charge is 0.303 e. The monoisotopic (exact) mass is 234 g/mol. The highest BCUT2D eigenvalue weighted by Crippen LogP contribution is 2.21. The SMILES string of the molecule is CC1CCn2nc(CC3CCCN3C)nc2C1. The molecule has 1 saturated heterocycles. The van der Waals surface area contributed by atoms with Gasteiger partial charge in [-0.3, -0.25) is 0 Å². The second-order valence-electron chi connectivity index (χ2n) is 5.75. The van der Waals surface area contributed by atoms with Gasteiger partial charge < -0.3 is 4.90 Å². The first kappa shape index (κ1) is 11.2. The van der Waals surface area contributed by atoms with Crippen molar-refractivity contribution in [3.05, 3.63) is 11.6 Å². The third-order valence-corrected chi connectivity index (χ3v) is 4.25. The summed E-state index contributed by atoms with van der Waals surface area (Å²) < 4.78 is 2.13. The molecule has 94 valence electrons. The summed E-state index contributed by atoms with van der Waals surface area (Å²) in [7, 11) is 2.22. The Bertz CT molecular complexity index is 398. The maximum absolute atomic E-state index is 4.72. The number of likely N-dealkylation sites (N-methyl/N-ethyl adjacent to an activating group) is 1. The molecule has 2 aliphatic rings. The first-order chi connectivity index (χ1) is 8.22. The van der Waals surface area contributed by atoms with Gasteiger partial charge in [-0.15, -0.1) is 0 Å². The van der Waals surface area contributed by atoms with Crippen LogP contribution in [0.25, 0.3) is 0 Å². The van der Waals surface area contributed by atoms with Gasteiger partial charge in [-0.2, -0.15) is 5.10 Å². The number of likely N-dealkylation sites (tertiary alicyclic amines) is 1. The van der Waals surface area contributed by atoms with E-state index in [9.17, 15) is 0 Å². The van der Waals surface area contributed by atoms with Gasteiger partial charge >= 0.3 is 0 Å². The molecule has 0 N–H and O–H groups in total. The molecular weight excluding hydrogens is 212 g/mol. The van der Waals surface area contributed by atoms with Crippen molar-refractivity contribution < 1.29 is 0 Å². The van der Waals surface area contributed by atoms with Gasteiger partial charge in [0.15, 0.2) is 5.82 Å². The summed E-state index contributed by atoms with van der Waals surface area (Å²) in [4.78, 5) is 7.17. The Hall–Kier alpha value is -0.900. The van der Waals surface area contributed by atoms with Crippen LogP contribution in [0.1, 0.15) is 37.8 Å². The molecule has 3 heterocycles. The molecule has 1 fully saturated rings. The van der Waals surface area contributed by atoms with Crippen molar-refractivity contribution in [2.75, 3.05) is 13.6 Å². The third kappa shape index (κ3) is 2.23. The first-order valence-corrected chi connectivity index (χ1v) is 6.85. The lowest BCUT2D eigenvalue weighted by Gasteiger charge is -2.17. The maximum Gasteiger partial charge on any atom is 0.152 e. The van der Waals surface area contributed by atoms with Gasteiger partial charge in [0.1, 0.15) is 5.82 Å². The van der Waals surface area contributed by atoms with E-state index in [1.54, 1.807) is 0 Å². The molecule has 0 amide bonds. The Morgan fingerprint density at radius 3 is 2.94 bits per heavy atom. The molecule has 1 aromatic rings. The molecule has 0 aliphatic carbocycles. The van der Waals surface area contributed by atoms with Gasteiger partial charge in [-0.25, -0.2) is 9.67 Å². The van der Waals surface area contributed by atoms with Crippen LogP contribution in [0.4, 0.5) is 0 Å². The number of nitrogens with zero attached hydrogens (tertiary/aromatic N) is 4.